The molecule has 2 aromatic carbocycles. The Morgan fingerprint density at radius 2 is 1.69 bits per heavy atom. The van der Waals surface area contributed by atoms with Gasteiger partial charge in [-0.05, 0) is 56.2 Å². The first-order valence-electron chi connectivity index (χ1n) is 10.7. The van der Waals surface area contributed by atoms with Crippen LogP contribution in [0.25, 0.3) is 0 Å². The molecule has 0 spiro atoms. The molecule has 0 bridgehead atoms. The van der Waals surface area contributed by atoms with Gasteiger partial charge in [-0.2, -0.15) is 30.6 Å². The second-order valence-corrected chi connectivity index (χ2v) is 10.4. The number of hydrogen-bond acceptors (Lipinski definition) is 4. The fourth-order valence-corrected chi connectivity index (χ4v) is 5.56. The van der Waals surface area contributed by atoms with Gasteiger partial charge in [-0.25, -0.2) is 8.42 Å². The SMILES string of the molecule is CCOc1ccc(S(=O)(=O)N2CCCC(C(=O)Nc3cc(C(F)(F)F)cc(C(F)(F)F)c3)C2)cc1Cl. The Bertz CT molecular complexity index is 1200. The summed E-state index contributed by atoms with van der Waals surface area (Å²) in [5, 5.41) is 2.15. The molecule has 198 valence electrons. The number of rotatable bonds is 6. The van der Waals surface area contributed by atoms with Gasteiger partial charge < -0.3 is 10.1 Å². The molecule has 14 heteroatoms. The maximum absolute atomic E-state index is 13.1. The van der Waals surface area contributed by atoms with E-state index < -0.39 is 51.0 Å². The number of carbonyl (C=O) groups is 1. The molecular formula is C22H21ClF6N2O4S. The van der Waals surface area contributed by atoms with Crippen LogP contribution in [0.2, 0.25) is 5.02 Å². The molecule has 1 atom stereocenters. The van der Waals surface area contributed by atoms with Crippen molar-refractivity contribution in [2.24, 2.45) is 5.92 Å². The Morgan fingerprint density at radius 1 is 1.08 bits per heavy atom. The van der Waals surface area contributed by atoms with Gasteiger partial charge in [0.15, 0.2) is 0 Å². The number of nitrogens with zero attached hydrogens (tertiary/aromatic N) is 1. The summed E-state index contributed by atoms with van der Waals surface area (Å²) in [5.74, 6) is -1.61. The molecule has 0 aliphatic carbocycles. The Hall–Kier alpha value is -2.51. The molecule has 1 heterocycles. The number of ether oxygens (including phenoxy) is 1. The summed E-state index contributed by atoms with van der Waals surface area (Å²) in [4.78, 5) is 12.6. The van der Waals surface area contributed by atoms with Crippen molar-refractivity contribution in [3.8, 4) is 5.75 Å². The van der Waals surface area contributed by atoms with Crippen molar-refractivity contribution >= 4 is 33.2 Å². The Balaban J connectivity index is 1.81. The van der Waals surface area contributed by atoms with E-state index in [0.717, 1.165) is 4.31 Å². The quantitative estimate of drug-likeness (QED) is 0.454. The number of benzene rings is 2. The number of carbonyl (C=O) groups excluding carboxylic acids is 1. The van der Waals surface area contributed by atoms with E-state index in [2.05, 4.69) is 5.32 Å². The molecule has 1 aliphatic heterocycles. The van der Waals surface area contributed by atoms with Crippen LogP contribution in [0.5, 0.6) is 5.75 Å². The topological polar surface area (TPSA) is 75.7 Å². The third-order valence-electron chi connectivity index (χ3n) is 5.45. The van der Waals surface area contributed by atoms with Crippen LogP contribution < -0.4 is 10.1 Å². The molecule has 0 radical (unpaired) electrons. The molecule has 1 amide bonds. The molecule has 3 rings (SSSR count). The van der Waals surface area contributed by atoms with E-state index in [4.69, 9.17) is 16.3 Å². The van der Waals surface area contributed by atoms with E-state index in [1.807, 2.05) is 0 Å². The highest BCUT2D eigenvalue weighted by molar-refractivity contribution is 7.89. The van der Waals surface area contributed by atoms with E-state index in [1.54, 1.807) is 6.92 Å². The molecule has 2 aromatic rings. The molecule has 6 nitrogen and oxygen atoms in total. The van der Waals surface area contributed by atoms with Crippen LogP contribution in [0, 0.1) is 5.92 Å². The van der Waals surface area contributed by atoms with E-state index >= 15 is 0 Å². The maximum Gasteiger partial charge on any atom is 0.416 e. The van der Waals surface area contributed by atoms with Crippen molar-refractivity contribution < 1.29 is 44.3 Å². The Kier molecular flexibility index (Phi) is 8.16. The summed E-state index contributed by atoms with van der Waals surface area (Å²) < 4.78 is 111. The Morgan fingerprint density at radius 3 is 2.22 bits per heavy atom. The first kappa shape index (κ1) is 28.1. The summed E-state index contributed by atoms with van der Waals surface area (Å²) in [7, 11) is -4.09. The van der Waals surface area contributed by atoms with Crippen molar-refractivity contribution in [3.05, 3.63) is 52.5 Å². The summed E-state index contributed by atoms with van der Waals surface area (Å²) in [6, 6.07) is 4.62. The normalized spacial score (nSPS) is 17.6. The van der Waals surface area contributed by atoms with Gasteiger partial charge in [0.05, 0.1) is 33.6 Å². The summed E-state index contributed by atoms with van der Waals surface area (Å²) in [5.41, 5.74) is -3.85. The number of alkyl halides is 6. The van der Waals surface area contributed by atoms with Crippen molar-refractivity contribution in [1.29, 1.82) is 0 Å². The minimum Gasteiger partial charge on any atom is -0.492 e. The third-order valence-corrected chi connectivity index (χ3v) is 7.61. The zero-order chi connectivity index (χ0) is 26.9. The van der Waals surface area contributed by atoms with Gasteiger partial charge in [-0.15, -0.1) is 0 Å². The number of nitrogens with one attached hydrogen (secondary N) is 1. The molecule has 1 N–H and O–H groups in total. The van der Waals surface area contributed by atoms with Crippen LogP contribution >= 0.6 is 11.6 Å². The van der Waals surface area contributed by atoms with Crippen LogP contribution in [-0.4, -0.2) is 38.3 Å². The second kappa shape index (κ2) is 10.5. The Labute approximate surface area is 208 Å². The number of amides is 1. The van der Waals surface area contributed by atoms with Crippen molar-refractivity contribution in [1.82, 2.24) is 4.31 Å². The lowest BCUT2D eigenvalue weighted by Crippen LogP contribution is -2.43. The maximum atomic E-state index is 13.1. The number of sulfonamides is 1. The molecule has 0 saturated carbocycles. The fourth-order valence-electron chi connectivity index (χ4n) is 3.71. The van der Waals surface area contributed by atoms with Gasteiger partial charge in [0.2, 0.25) is 15.9 Å². The third kappa shape index (κ3) is 6.43. The van der Waals surface area contributed by atoms with E-state index in [1.165, 1.54) is 18.2 Å². The fraction of sp³-hybridized carbons (Fsp3) is 0.409. The van der Waals surface area contributed by atoms with Crippen LogP contribution in [0.4, 0.5) is 32.0 Å². The van der Waals surface area contributed by atoms with Crippen LogP contribution in [0.15, 0.2) is 41.3 Å². The summed E-state index contributed by atoms with van der Waals surface area (Å²) in [6.45, 7) is 1.79. The summed E-state index contributed by atoms with van der Waals surface area (Å²) in [6.07, 6.45) is -9.71. The zero-order valence-corrected chi connectivity index (χ0v) is 20.3. The first-order chi connectivity index (χ1) is 16.6. The molecular weight excluding hydrogens is 538 g/mol. The smallest absolute Gasteiger partial charge is 0.416 e. The highest BCUT2D eigenvalue weighted by Crippen LogP contribution is 2.38. The largest absolute Gasteiger partial charge is 0.492 e. The molecule has 36 heavy (non-hydrogen) atoms. The molecule has 1 aliphatic rings. The predicted octanol–water partition coefficient (Wildman–Crippen LogP) is 5.82. The van der Waals surface area contributed by atoms with E-state index in [-0.39, 0.29) is 47.7 Å². The second-order valence-electron chi connectivity index (χ2n) is 8.01. The average Bonchev–Trinajstić information content (AvgIpc) is 2.79. The van der Waals surface area contributed by atoms with Crippen molar-refractivity contribution in [2.45, 2.75) is 37.0 Å². The van der Waals surface area contributed by atoms with Crippen molar-refractivity contribution in [2.75, 3.05) is 25.0 Å². The lowest BCUT2D eigenvalue weighted by Gasteiger charge is -2.31. The number of anilines is 1. The molecule has 1 fully saturated rings. The monoisotopic (exact) mass is 558 g/mol. The van der Waals surface area contributed by atoms with Gasteiger partial charge >= 0.3 is 12.4 Å². The first-order valence-corrected chi connectivity index (χ1v) is 12.5. The van der Waals surface area contributed by atoms with Gasteiger partial charge in [0, 0.05) is 18.8 Å². The van der Waals surface area contributed by atoms with Gasteiger partial charge in [-0.3, -0.25) is 4.79 Å². The van der Waals surface area contributed by atoms with Gasteiger partial charge in [0.25, 0.3) is 0 Å². The van der Waals surface area contributed by atoms with Crippen LogP contribution in [0.1, 0.15) is 30.9 Å². The highest BCUT2D eigenvalue weighted by atomic mass is 35.5. The summed E-state index contributed by atoms with van der Waals surface area (Å²) >= 11 is 6.08. The molecule has 0 aromatic heterocycles. The van der Waals surface area contributed by atoms with E-state index in [9.17, 15) is 39.6 Å². The lowest BCUT2D eigenvalue weighted by atomic mass is 9.98. The average molecular weight is 559 g/mol. The molecule has 1 saturated heterocycles. The standard InChI is InChI=1S/C22H21ClF6N2O4S/c1-2-35-19-6-5-17(11-18(19)23)36(33,34)31-7-3-4-13(12-31)20(32)30-16-9-14(21(24,25)26)8-15(10-16)22(27,28)29/h5-6,8-11,13H,2-4,7,12H2,1H3,(H,30,32). The number of piperidine rings is 1. The van der Waals surface area contributed by atoms with Gasteiger partial charge in [-0.1, -0.05) is 11.6 Å². The van der Waals surface area contributed by atoms with E-state index in [0.29, 0.717) is 18.7 Å². The minimum absolute atomic E-state index is 0.0491. The number of hydrogen-bond donors (Lipinski definition) is 1. The number of halogens is 7. The molecule has 1 unspecified atom stereocenters. The predicted molar refractivity (Wildman–Crippen MR) is 119 cm³/mol. The van der Waals surface area contributed by atoms with Crippen LogP contribution in [0.3, 0.4) is 0 Å². The zero-order valence-electron chi connectivity index (χ0n) is 18.7. The highest BCUT2D eigenvalue weighted by Gasteiger charge is 2.38. The van der Waals surface area contributed by atoms with Crippen molar-refractivity contribution in [3.63, 3.8) is 0 Å². The van der Waals surface area contributed by atoms with Gasteiger partial charge in [0.1, 0.15) is 5.75 Å². The van der Waals surface area contributed by atoms with Crippen LogP contribution in [-0.2, 0) is 27.2 Å². The minimum atomic E-state index is -5.07. The lowest BCUT2D eigenvalue weighted by molar-refractivity contribution is -0.143.